The van der Waals surface area contributed by atoms with E-state index in [2.05, 4.69) is 6.92 Å². The highest BCUT2D eigenvalue weighted by molar-refractivity contribution is 5.91. The van der Waals surface area contributed by atoms with E-state index >= 15 is 4.39 Å². The molecule has 1 aliphatic heterocycles. The van der Waals surface area contributed by atoms with Gasteiger partial charge in [-0.3, -0.25) is 14.6 Å². The van der Waals surface area contributed by atoms with E-state index in [9.17, 15) is 40.0 Å². The Morgan fingerprint density at radius 3 is 2.05 bits per heavy atom. The summed E-state index contributed by atoms with van der Waals surface area (Å²) in [5, 5.41) is 52.8. The first-order chi connectivity index (χ1) is 18.9. The summed E-state index contributed by atoms with van der Waals surface area (Å²) in [6.07, 6.45) is 7.40. The number of halogens is 1. The standard InChI is InChI=1S/C26H45FN4O9/c1-2-3-4-5-6-7-8-9-10-11-12-13-14-15-20(27)31(39)25(37)21(33)19(17-32)40-26(25,38)30-16-18(22(28)34)23(35)29-24(30)36/h16,19-21,32-33,37-39H,2-15,17H2,1H3,(H2,28,34)(H,29,35,36)/t19-,20?,21-,25-,26-/m1/s1. The topological polar surface area (TPSA) is 212 Å². The maximum atomic E-state index is 15.1. The first-order valence-corrected chi connectivity index (χ1v) is 14.2. The van der Waals surface area contributed by atoms with Crippen LogP contribution in [0.5, 0.6) is 0 Å². The van der Waals surface area contributed by atoms with Crippen LogP contribution in [0, 0.1) is 0 Å². The molecule has 0 bridgehead atoms. The molecule has 0 aromatic carbocycles. The minimum atomic E-state index is -3.46. The number of carbonyl (C=O) groups excluding carboxylic acids is 1. The Morgan fingerprint density at radius 2 is 1.57 bits per heavy atom. The van der Waals surface area contributed by atoms with Crippen LogP contribution >= 0.6 is 0 Å². The summed E-state index contributed by atoms with van der Waals surface area (Å²) in [6.45, 7) is 1.18. The molecule has 0 aliphatic carbocycles. The van der Waals surface area contributed by atoms with Gasteiger partial charge in [-0.25, -0.2) is 13.8 Å². The molecule has 5 atom stereocenters. The van der Waals surface area contributed by atoms with Crippen molar-refractivity contribution >= 4 is 5.91 Å². The third-order valence-corrected chi connectivity index (χ3v) is 7.43. The SMILES string of the molecule is CCCCCCCCCCCCCCCC(F)N(O)[C@@]1(O)[C@H](O)[C@@H](CO)O[C@@]1(O)n1cc(C(N)=O)c(=O)[nH]c1=O. The van der Waals surface area contributed by atoms with Gasteiger partial charge >= 0.3 is 11.6 Å². The fourth-order valence-corrected chi connectivity index (χ4v) is 5.01. The Hall–Kier alpha value is -2.20. The van der Waals surface area contributed by atoms with Crippen LogP contribution in [0.25, 0.3) is 0 Å². The number of aromatic nitrogens is 2. The molecule has 1 aliphatic rings. The molecule has 2 rings (SSSR count). The van der Waals surface area contributed by atoms with Crippen LogP contribution in [-0.2, 0) is 10.6 Å². The Kier molecular flexibility index (Phi) is 13.4. The van der Waals surface area contributed by atoms with Crippen molar-refractivity contribution in [2.75, 3.05) is 6.61 Å². The zero-order valence-corrected chi connectivity index (χ0v) is 23.1. The normalized spacial score (nSPS) is 25.5. The van der Waals surface area contributed by atoms with Crippen molar-refractivity contribution in [3.63, 3.8) is 0 Å². The fraction of sp³-hybridized carbons (Fsp3) is 0.808. The molecule has 13 nitrogen and oxygen atoms in total. The summed E-state index contributed by atoms with van der Waals surface area (Å²) < 4.78 is 20.3. The van der Waals surface area contributed by atoms with E-state index in [0.717, 1.165) is 25.7 Å². The fourth-order valence-electron chi connectivity index (χ4n) is 5.01. The van der Waals surface area contributed by atoms with Gasteiger partial charge in [0.2, 0.25) is 5.72 Å². The molecule has 1 saturated heterocycles. The summed E-state index contributed by atoms with van der Waals surface area (Å²) in [7, 11) is 0. The van der Waals surface area contributed by atoms with E-state index in [1.165, 1.54) is 44.9 Å². The molecule has 1 amide bonds. The number of rotatable bonds is 19. The molecule has 2 heterocycles. The van der Waals surface area contributed by atoms with Crippen LogP contribution in [0.15, 0.2) is 15.8 Å². The Labute approximate surface area is 232 Å². The molecule has 1 aromatic heterocycles. The Balaban J connectivity index is 1.97. The molecular weight excluding hydrogens is 531 g/mol. The second kappa shape index (κ2) is 15.7. The number of nitrogens with one attached hydrogen (secondary N) is 1. The van der Waals surface area contributed by atoms with Crippen molar-refractivity contribution in [3.8, 4) is 0 Å². The van der Waals surface area contributed by atoms with Crippen molar-refractivity contribution < 1.29 is 39.6 Å². The van der Waals surface area contributed by atoms with E-state index in [4.69, 9.17) is 10.5 Å². The number of unbranched alkanes of at least 4 members (excludes halogenated alkanes) is 12. The minimum Gasteiger partial charge on any atom is -0.394 e. The summed E-state index contributed by atoms with van der Waals surface area (Å²) in [5.74, 6) is -4.77. The average molecular weight is 577 g/mol. The highest BCUT2D eigenvalue weighted by Gasteiger charge is 2.71. The van der Waals surface area contributed by atoms with Crippen LogP contribution in [0.4, 0.5) is 4.39 Å². The number of carbonyl (C=O) groups is 1. The third-order valence-electron chi connectivity index (χ3n) is 7.43. The van der Waals surface area contributed by atoms with Gasteiger partial charge in [-0.2, -0.15) is 0 Å². The lowest BCUT2D eigenvalue weighted by molar-refractivity contribution is -0.428. The molecule has 0 spiro atoms. The molecule has 40 heavy (non-hydrogen) atoms. The smallest absolute Gasteiger partial charge is 0.332 e. The number of aliphatic hydroxyl groups is 4. The second-order valence-corrected chi connectivity index (χ2v) is 10.5. The molecular formula is C26H45FN4O9. The van der Waals surface area contributed by atoms with Crippen molar-refractivity contribution in [1.82, 2.24) is 14.6 Å². The van der Waals surface area contributed by atoms with Gasteiger partial charge in [0.25, 0.3) is 11.5 Å². The molecule has 8 N–H and O–H groups in total. The number of hydrogen-bond acceptors (Lipinski definition) is 10. The van der Waals surface area contributed by atoms with E-state index in [-0.39, 0.29) is 16.1 Å². The monoisotopic (exact) mass is 576 g/mol. The maximum absolute atomic E-state index is 15.1. The van der Waals surface area contributed by atoms with Crippen LogP contribution in [0.3, 0.4) is 0 Å². The molecule has 1 unspecified atom stereocenters. The van der Waals surface area contributed by atoms with Crippen molar-refractivity contribution in [3.05, 3.63) is 32.6 Å². The maximum Gasteiger partial charge on any atom is 0.332 e. The number of primary amides is 1. The molecule has 14 heteroatoms. The van der Waals surface area contributed by atoms with Gasteiger partial charge in [0.15, 0.2) is 6.30 Å². The van der Waals surface area contributed by atoms with Crippen LogP contribution in [0.1, 0.15) is 107 Å². The lowest BCUT2D eigenvalue weighted by Gasteiger charge is -2.43. The largest absolute Gasteiger partial charge is 0.394 e. The number of aliphatic hydroxyl groups excluding tert-OH is 2. The predicted octanol–water partition coefficient (Wildman–Crippen LogP) is 1.15. The Bertz CT molecular complexity index is 1050. The van der Waals surface area contributed by atoms with E-state index < -0.39 is 59.5 Å². The highest BCUT2D eigenvalue weighted by atomic mass is 19.1. The molecule has 1 fully saturated rings. The lowest BCUT2D eigenvalue weighted by Crippen LogP contribution is -2.70. The van der Waals surface area contributed by atoms with Crippen LogP contribution in [0.2, 0.25) is 0 Å². The van der Waals surface area contributed by atoms with Gasteiger partial charge in [-0.1, -0.05) is 84.0 Å². The number of nitrogens with two attached hydrogens (primary N) is 1. The van der Waals surface area contributed by atoms with Crippen molar-refractivity contribution in [2.24, 2.45) is 5.73 Å². The summed E-state index contributed by atoms with van der Waals surface area (Å²) in [5.41, 5.74) is -1.85. The number of nitrogens with zero attached hydrogens (tertiary/aromatic N) is 2. The number of alkyl halides is 1. The number of amides is 1. The van der Waals surface area contributed by atoms with Crippen molar-refractivity contribution in [1.29, 1.82) is 0 Å². The number of ether oxygens (including phenoxy) is 1. The minimum absolute atomic E-state index is 0.0779. The average Bonchev–Trinajstić information content (AvgIpc) is 3.12. The lowest BCUT2D eigenvalue weighted by atomic mass is 9.99. The molecule has 1 aromatic rings. The van der Waals surface area contributed by atoms with Gasteiger partial charge in [0.05, 0.1) is 6.61 Å². The van der Waals surface area contributed by atoms with Gasteiger partial charge < -0.3 is 36.1 Å². The summed E-state index contributed by atoms with van der Waals surface area (Å²) in [4.78, 5) is 37.6. The van der Waals surface area contributed by atoms with Gasteiger partial charge in [0, 0.05) is 6.20 Å². The van der Waals surface area contributed by atoms with Gasteiger partial charge in [-0.15, -0.1) is 5.06 Å². The zero-order valence-electron chi connectivity index (χ0n) is 23.1. The number of hydroxylamine groups is 2. The van der Waals surface area contributed by atoms with Crippen LogP contribution in [-0.4, -0.2) is 77.0 Å². The molecule has 0 radical (unpaired) electrons. The van der Waals surface area contributed by atoms with Gasteiger partial charge in [-0.05, 0) is 12.8 Å². The first-order valence-electron chi connectivity index (χ1n) is 14.2. The van der Waals surface area contributed by atoms with E-state index in [1.54, 1.807) is 4.98 Å². The molecule has 0 saturated carbocycles. The highest BCUT2D eigenvalue weighted by Crippen LogP contribution is 2.44. The quantitative estimate of drug-likeness (QED) is 0.0540. The predicted molar refractivity (Wildman–Crippen MR) is 142 cm³/mol. The zero-order chi connectivity index (χ0) is 29.9. The van der Waals surface area contributed by atoms with E-state index in [0.29, 0.717) is 19.0 Å². The summed E-state index contributed by atoms with van der Waals surface area (Å²) in [6, 6.07) is 0. The number of hydrogen-bond donors (Lipinski definition) is 7. The van der Waals surface area contributed by atoms with Gasteiger partial charge in [0.1, 0.15) is 17.8 Å². The first kappa shape index (κ1) is 34.0. The second-order valence-electron chi connectivity index (χ2n) is 10.5. The third kappa shape index (κ3) is 7.75. The summed E-state index contributed by atoms with van der Waals surface area (Å²) >= 11 is 0. The van der Waals surface area contributed by atoms with Crippen LogP contribution < -0.4 is 17.0 Å². The van der Waals surface area contributed by atoms with Crippen molar-refractivity contribution in [2.45, 2.75) is 127 Å². The Morgan fingerprint density at radius 1 is 1.07 bits per heavy atom. The molecule has 230 valence electrons. The number of H-pyrrole nitrogens is 1. The van der Waals surface area contributed by atoms with E-state index in [1.807, 2.05) is 0 Å². The number of aromatic amines is 1.